The number of nitrogens with one attached hydrogen (secondary N) is 1. The number of piperazine rings is 1. The van der Waals surface area contributed by atoms with Crippen molar-refractivity contribution in [1.82, 2.24) is 4.90 Å². The number of ether oxygens (including phenoxy) is 1. The van der Waals surface area contributed by atoms with Gasteiger partial charge in [-0.2, -0.15) is 0 Å². The maximum absolute atomic E-state index is 12.3. The van der Waals surface area contributed by atoms with Crippen LogP contribution < -0.4 is 10.2 Å². The standard InChI is InChI=1S/C21H25N3O3/c1-16-5-3-4-6-19(16)24-13-11-23(12-14-24)15-20(25)22-18-9-7-17(8-10-18)21(26)27-2/h3-10H,11-15H2,1-2H3,(H,22,25). The lowest BCUT2D eigenvalue weighted by molar-refractivity contribution is -0.117. The Kier molecular flexibility index (Phi) is 6.08. The fourth-order valence-electron chi connectivity index (χ4n) is 3.28. The number of rotatable bonds is 5. The summed E-state index contributed by atoms with van der Waals surface area (Å²) in [6, 6.07) is 15.1. The summed E-state index contributed by atoms with van der Waals surface area (Å²) in [5.74, 6) is -0.440. The Morgan fingerprint density at radius 3 is 2.30 bits per heavy atom. The molecule has 0 unspecified atom stereocenters. The number of nitrogens with zero attached hydrogens (tertiary/aromatic N) is 2. The summed E-state index contributed by atoms with van der Waals surface area (Å²) in [6.07, 6.45) is 0. The van der Waals surface area contributed by atoms with Crippen molar-refractivity contribution in [3.63, 3.8) is 0 Å². The minimum Gasteiger partial charge on any atom is -0.465 e. The van der Waals surface area contributed by atoms with Crippen molar-refractivity contribution in [3.05, 3.63) is 59.7 Å². The molecule has 0 aliphatic carbocycles. The molecule has 1 aliphatic heterocycles. The second kappa shape index (κ2) is 8.68. The van der Waals surface area contributed by atoms with Gasteiger partial charge in [-0.3, -0.25) is 9.69 Å². The highest BCUT2D eigenvalue weighted by molar-refractivity contribution is 5.94. The number of anilines is 2. The molecule has 0 spiro atoms. The number of amides is 1. The van der Waals surface area contributed by atoms with E-state index in [9.17, 15) is 9.59 Å². The molecule has 1 heterocycles. The highest BCUT2D eigenvalue weighted by Crippen LogP contribution is 2.20. The van der Waals surface area contributed by atoms with Crippen molar-refractivity contribution in [2.45, 2.75) is 6.92 Å². The second-order valence-corrected chi connectivity index (χ2v) is 6.67. The number of aryl methyl sites for hydroxylation is 1. The average molecular weight is 367 g/mol. The fraction of sp³-hybridized carbons (Fsp3) is 0.333. The molecular weight excluding hydrogens is 342 g/mol. The van der Waals surface area contributed by atoms with Gasteiger partial charge in [-0.05, 0) is 42.8 Å². The van der Waals surface area contributed by atoms with Crippen LogP contribution in [0.15, 0.2) is 48.5 Å². The number of esters is 1. The van der Waals surface area contributed by atoms with Crippen molar-refractivity contribution in [1.29, 1.82) is 0 Å². The minimum absolute atomic E-state index is 0.0508. The monoisotopic (exact) mass is 367 g/mol. The van der Waals surface area contributed by atoms with Gasteiger partial charge in [0.05, 0.1) is 19.2 Å². The first-order valence-electron chi connectivity index (χ1n) is 9.08. The van der Waals surface area contributed by atoms with Crippen LogP contribution >= 0.6 is 0 Å². The highest BCUT2D eigenvalue weighted by atomic mass is 16.5. The molecule has 1 N–H and O–H groups in total. The van der Waals surface area contributed by atoms with Crippen LogP contribution in [0.1, 0.15) is 15.9 Å². The summed E-state index contributed by atoms with van der Waals surface area (Å²) < 4.78 is 4.67. The maximum atomic E-state index is 12.3. The molecule has 0 saturated carbocycles. The van der Waals surface area contributed by atoms with Gasteiger partial charge in [0.1, 0.15) is 0 Å². The molecule has 6 heteroatoms. The molecule has 0 bridgehead atoms. The number of hydrogen-bond donors (Lipinski definition) is 1. The molecule has 1 fully saturated rings. The molecule has 3 rings (SSSR count). The van der Waals surface area contributed by atoms with Crippen LogP contribution in [-0.2, 0) is 9.53 Å². The Morgan fingerprint density at radius 2 is 1.67 bits per heavy atom. The molecular formula is C21H25N3O3. The van der Waals surface area contributed by atoms with Crippen LogP contribution in [0.25, 0.3) is 0 Å². The van der Waals surface area contributed by atoms with Crippen molar-refractivity contribution in [3.8, 4) is 0 Å². The van der Waals surface area contributed by atoms with Gasteiger partial charge in [-0.25, -0.2) is 4.79 Å². The topological polar surface area (TPSA) is 61.9 Å². The molecule has 1 aliphatic rings. The Hall–Kier alpha value is -2.86. The van der Waals surface area contributed by atoms with E-state index in [-0.39, 0.29) is 11.9 Å². The zero-order valence-electron chi connectivity index (χ0n) is 15.8. The fourth-order valence-corrected chi connectivity index (χ4v) is 3.28. The number of para-hydroxylation sites is 1. The van der Waals surface area contributed by atoms with Gasteiger partial charge in [-0.1, -0.05) is 18.2 Å². The van der Waals surface area contributed by atoms with Crippen molar-refractivity contribution in [2.24, 2.45) is 0 Å². The SMILES string of the molecule is COC(=O)c1ccc(NC(=O)CN2CCN(c3ccccc3C)CC2)cc1. The summed E-state index contributed by atoms with van der Waals surface area (Å²) in [4.78, 5) is 28.3. The predicted octanol–water partition coefficient (Wildman–Crippen LogP) is 2.54. The van der Waals surface area contributed by atoms with Gasteiger partial charge in [0, 0.05) is 37.6 Å². The van der Waals surface area contributed by atoms with E-state index >= 15 is 0 Å². The normalized spacial score (nSPS) is 14.7. The van der Waals surface area contributed by atoms with Crippen LogP contribution in [0.4, 0.5) is 11.4 Å². The summed E-state index contributed by atoms with van der Waals surface area (Å²) in [5.41, 5.74) is 3.68. The largest absolute Gasteiger partial charge is 0.465 e. The van der Waals surface area contributed by atoms with Gasteiger partial charge in [0.25, 0.3) is 0 Å². The third-order valence-corrected chi connectivity index (χ3v) is 4.79. The molecule has 1 amide bonds. The smallest absolute Gasteiger partial charge is 0.337 e. The summed E-state index contributed by atoms with van der Waals surface area (Å²) in [7, 11) is 1.34. The van der Waals surface area contributed by atoms with E-state index in [0.29, 0.717) is 17.8 Å². The summed E-state index contributed by atoms with van der Waals surface area (Å²) in [6.45, 7) is 6.00. The van der Waals surface area contributed by atoms with E-state index in [1.54, 1.807) is 24.3 Å². The summed E-state index contributed by atoms with van der Waals surface area (Å²) in [5, 5.41) is 2.88. The first kappa shape index (κ1) is 18.9. The van der Waals surface area contributed by atoms with E-state index < -0.39 is 0 Å². The molecule has 27 heavy (non-hydrogen) atoms. The third-order valence-electron chi connectivity index (χ3n) is 4.79. The second-order valence-electron chi connectivity index (χ2n) is 6.67. The van der Waals surface area contributed by atoms with E-state index in [1.165, 1.54) is 18.4 Å². The molecule has 142 valence electrons. The molecule has 1 saturated heterocycles. The molecule has 2 aromatic rings. The van der Waals surface area contributed by atoms with Crippen LogP contribution in [0.3, 0.4) is 0 Å². The van der Waals surface area contributed by atoms with Crippen LogP contribution in [0.2, 0.25) is 0 Å². The number of carbonyl (C=O) groups is 2. The Balaban J connectivity index is 1.48. The van der Waals surface area contributed by atoms with Gasteiger partial charge >= 0.3 is 5.97 Å². The highest BCUT2D eigenvalue weighted by Gasteiger charge is 2.20. The van der Waals surface area contributed by atoms with Crippen LogP contribution in [0, 0.1) is 6.92 Å². The lowest BCUT2D eigenvalue weighted by Crippen LogP contribution is -2.48. The molecule has 6 nitrogen and oxygen atoms in total. The number of methoxy groups -OCH3 is 1. The molecule has 0 atom stereocenters. The predicted molar refractivity (Wildman–Crippen MR) is 106 cm³/mol. The minimum atomic E-state index is -0.389. The van der Waals surface area contributed by atoms with Crippen molar-refractivity contribution >= 4 is 23.3 Å². The van der Waals surface area contributed by atoms with Gasteiger partial charge in [0.2, 0.25) is 5.91 Å². The molecule has 2 aromatic carbocycles. The van der Waals surface area contributed by atoms with E-state index in [1.807, 2.05) is 0 Å². The molecule has 0 aromatic heterocycles. The van der Waals surface area contributed by atoms with Crippen molar-refractivity contribution in [2.75, 3.05) is 50.1 Å². The summed E-state index contributed by atoms with van der Waals surface area (Å²) >= 11 is 0. The van der Waals surface area contributed by atoms with E-state index in [0.717, 1.165) is 26.2 Å². The lowest BCUT2D eigenvalue weighted by Gasteiger charge is -2.36. The average Bonchev–Trinajstić information content (AvgIpc) is 2.69. The first-order chi connectivity index (χ1) is 13.1. The van der Waals surface area contributed by atoms with Crippen LogP contribution in [0.5, 0.6) is 0 Å². The Bertz CT molecular complexity index is 797. The zero-order valence-corrected chi connectivity index (χ0v) is 15.8. The van der Waals surface area contributed by atoms with Gasteiger partial charge in [-0.15, -0.1) is 0 Å². The van der Waals surface area contributed by atoms with Gasteiger partial charge < -0.3 is 15.0 Å². The number of carbonyl (C=O) groups excluding carboxylic acids is 2. The van der Waals surface area contributed by atoms with Crippen molar-refractivity contribution < 1.29 is 14.3 Å². The zero-order chi connectivity index (χ0) is 19.2. The quantitative estimate of drug-likeness (QED) is 0.823. The Labute approximate surface area is 159 Å². The maximum Gasteiger partial charge on any atom is 0.337 e. The Morgan fingerprint density at radius 1 is 1.00 bits per heavy atom. The van der Waals surface area contributed by atoms with Gasteiger partial charge in [0.15, 0.2) is 0 Å². The first-order valence-corrected chi connectivity index (χ1v) is 9.08. The third kappa shape index (κ3) is 4.86. The van der Waals surface area contributed by atoms with E-state index in [2.05, 4.69) is 51.0 Å². The van der Waals surface area contributed by atoms with Crippen LogP contribution in [-0.4, -0.2) is 56.6 Å². The number of hydrogen-bond acceptors (Lipinski definition) is 5. The van der Waals surface area contributed by atoms with E-state index in [4.69, 9.17) is 0 Å². The molecule has 0 radical (unpaired) electrons. The lowest BCUT2D eigenvalue weighted by atomic mass is 10.1. The number of benzene rings is 2.